The molecule has 4 rings (SSSR count). The summed E-state index contributed by atoms with van der Waals surface area (Å²) < 4.78 is 35.9. The van der Waals surface area contributed by atoms with Crippen molar-refractivity contribution in [1.82, 2.24) is 14.5 Å². The smallest absolute Gasteiger partial charge is 0.245 e. The third-order valence-electron chi connectivity index (χ3n) is 4.30. The maximum atomic E-state index is 13.1. The second-order valence-corrected chi connectivity index (χ2v) is 9.78. The second-order valence-electron chi connectivity index (χ2n) is 6.36. The summed E-state index contributed by atoms with van der Waals surface area (Å²) in [7, 11) is -3.59. The number of hydrogen-bond acceptors (Lipinski definition) is 8. The van der Waals surface area contributed by atoms with Gasteiger partial charge in [0.1, 0.15) is 21.3 Å². The van der Waals surface area contributed by atoms with Gasteiger partial charge in [0.2, 0.25) is 15.2 Å². The molecule has 138 valence electrons. The molecule has 1 saturated heterocycles. The van der Waals surface area contributed by atoms with Crippen LogP contribution < -0.4 is 4.90 Å². The molecule has 0 unspecified atom stereocenters. The van der Waals surface area contributed by atoms with Crippen molar-refractivity contribution in [2.45, 2.75) is 24.7 Å². The average molecular weight is 411 g/mol. The van der Waals surface area contributed by atoms with E-state index in [2.05, 4.69) is 37.7 Å². The van der Waals surface area contributed by atoms with Crippen LogP contribution in [-0.2, 0) is 21.4 Å². The summed E-state index contributed by atoms with van der Waals surface area (Å²) in [6, 6.07) is 5.09. The molecule has 2 aliphatic heterocycles. The summed E-state index contributed by atoms with van der Waals surface area (Å²) >= 11 is 2.60. The van der Waals surface area contributed by atoms with Crippen LogP contribution in [0.4, 0.5) is 16.5 Å². The molecule has 0 bridgehead atoms. The van der Waals surface area contributed by atoms with E-state index in [4.69, 9.17) is 0 Å². The molecule has 2 aromatic rings. The lowest BCUT2D eigenvalue weighted by molar-refractivity contribution is 0.384. The third-order valence-corrected chi connectivity index (χ3v) is 8.06. The number of fused-ring (bicyclic) bond motifs is 1. The van der Waals surface area contributed by atoms with Gasteiger partial charge in [0, 0.05) is 32.1 Å². The van der Waals surface area contributed by atoms with E-state index in [1.807, 2.05) is 0 Å². The zero-order valence-electron chi connectivity index (χ0n) is 14.4. The highest BCUT2D eigenvalue weighted by molar-refractivity contribution is 7.89. The quantitative estimate of drug-likeness (QED) is 0.659. The van der Waals surface area contributed by atoms with Crippen LogP contribution in [0.15, 0.2) is 31.8 Å². The van der Waals surface area contributed by atoms with Crippen LogP contribution in [0, 0.1) is 0 Å². The van der Waals surface area contributed by atoms with Crippen LogP contribution >= 0.6 is 11.3 Å². The van der Waals surface area contributed by atoms with Gasteiger partial charge in [-0.3, -0.25) is 0 Å². The fourth-order valence-corrected chi connectivity index (χ4v) is 5.91. The molecular weight excluding hydrogens is 392 g/mol. The molecular formula is C15H18N6O2S3. The number of aromatic nitrogens is 2. The van der Waals surface area contributed by atoms with Gasteiger partial charge in [0.25, 0.3) is 0 Å². The van der Waals surface area contributed by atoms with Gasteiger partial charge in [0.05, 0.1) is 11.4 Å². The zero-order chi connectivity index (χ0) is 18.3. The van der Waals surface area contributed by atoms with E-state index >= 15 is 0 Å². The van der Waals surface area contributed by atoms with Crippen molar-refractivity contribution in [2.75, 3.05) is 31.1 Å². The molecule has 0 amide bonds. The van der Waals surface area contributed by atoms with Crippen molar-refractivity contribution in [3.63, 3.8) is 0 Å². The molecule has 1 fully saturated rings. The highest BCUT2D eigenvalue weighted by atomic mass is 32.2. The molecule has 11 heteroatoms. The summed E-state index contributed by atoms with van der Waals surface area (Å²) in [5, 5.41) is 10.3. The Morgan fingerprint density at radius 2 is 1.85 bits per heavy atom. The first kappa shape index (κ1) is 17.7. The van der Waals surface area contributed by atoms with E-state index in [1.165, 1.54) is 4.31 Å². The Morgan fingerprint density at radius 3 is 2.54 bits per heavy atom. The molecule has 3 heterocycles. The Labute approximate surface area is 159 Å². The first-order valence-electron chi connectivity index (χ1n) is 8.26. The van der Waals surface area contributed by atoms with Gasteiger partial charge in [-0.1, -0.05) is 31.3 Å². The molecule has 1 aromatic carbocycles. The van der Waals surface area contributed by atoms with Crippen molar-refractivity contribution in [2.24, 2.45) is 8.73 Å². The minimum atomic E-state index is -3.59. The lowest BCUT2D eigenvalue weighted by atomic mass is 10.2. The number of nitrogens with zero attached hydrogens (tertiary/aromatic N) is 6. The van der Waals surface area contributed by atoms with Crippen molar-refractivity contribution in [3.8, 4) is 0 Å². The van der Waals surface area contributed by atoms with Gasteiger partial charge < -0.3 is 4.90 Å². The van der Waals surface area contributed by atoms with Crippen molar-refractivity contribution >= 4 is 49.2 Å². The molecule has 0 spiro atoms. The number of hydrogen-bond donors (Lipinski definition) is 0. The Balaban J connectivity index is 1.51. The van der Waals surface area contributed by atoms with E-state index in [0.29, 0.717) is 43.5 Å². The van der Waals surface area contributed by atoms with Crippen molar-refractivity contribution < 1.29 is 8.42 Å². The lowest BCUT2D eigenvalue weighted by Gasteiger charge is -2.33. The number of benzene rings is 1. The number of piperazine rings is 1. The molecule has 0 N–H and O–H groups in total. The Hall–Kier alpha value is -1.69. The average Bonchev–Trinajstić information content (AvgIpc) is 3.31. The molecule has 8 nitrogen and oxygen atoms in total. The fourth-order valence-electron chi connectivity index (χ4n) is 2.84. The summed E-state index contributed by atoms with van der Waals surface area (Å²) in [5.41, 5.74) is 1.07. The zero-order valence-corrected chi connectivity index (χ0v) is 16.8. The Morgan fingerprint density at radius 1 is 1.08 bits per heavy atom. The summed E-state index contributed by atoms with van der Waals surface area (Å²) in [6.45, 7) is 6.18. The normalized spacial score (nSPS) is 17.6. The van der Waals surface area contributed by atoms with Crippen LogP contribution in [0.25, 0.3) is 0 Å². The SMILES string of the molecule is CC(C)c1nnc(N2CCN(S(=O)(=O)c3cccc4c3N=S=N4)CC2)s1. The predicted molar refractivity (Wildman–Crippen MR) is 103 cm³/mol. The first-order chi connectivity index (χ1) is 12.5. The molecule has 0 radical (unpaired) electrons. The van der Waals surface area contributed by atoms with Crippen LogP contribution in [0.5, 0.6) is 0 Å². The summed E-state index contributed by atoms with van der Waals surface area (Å²) in [6.07, 6.45) is 0. The standard InChI is InChI=1S/C15H18N6O2S3/c1-10(2)14-16-17-15(24-14)20-6-8-21(9-7-20)26(22,23)12-5-3-4-11-13(12)19-25-18-11/h3-5,10H,6-9H2,1-2H3. The van der Waals surface area contributed by atoms with Crippen molar-refractivity contribution in [3.05, 3.63) is 23.2 Å². The van der Waals surface area contributed by atoms with E-state index in [0.717, 1.165) is 21.5 Å². The van der Waals surface area contributed by atoms with E-state index in [1.54, 1.807) is 29.5 Å². The molecule has 0 atom stereocenters. The van der Waals surface area contributed by atoms with Crippen LogP contribution in [0.2, 0.25) is 0 Å². The van der Waals surface area contributed by atoms with Gasteiger partial charge in [-0.05, 0) is 12.1 Å². The minimum absolute atomic E-state index is 0.232. The summed E-state index contributed by atoms with van der Waals surface area (Å²) in [4.78, 5) is 2.33. The van der Waals surface area contributed by atoms with Gasteiger partial charge in [-0.15, -0.1) is 10.2 Å². The highest BCUT2D eigenvalue weighted by Crippen LogP contribution is 2.38. The molecule has 0 saturated carbocycles. The van der Waals surface area contributed by atoms with E-state index < -0.39 is 10.0 Å². The minimum Gasteiger partial charge on any atom is -0.344 e. The Kier molecular flexibility index (Phi) is 4.63. The second kappa shape index (κ2) is 6.80. The molecule has 2 aliphatic rings. The third kappa shape index (κ3) is 3.08. The van der Waals surface area contributed by atoms with Crippen molar-refractivity contribution in [1.29, 1.82) is 0 Å². The lowest BCUT2D eigenvalue weighted by Crippen LogP contribution is -2.48. The number of anilines is 1. The first-order valence-corrected chi connectivity index (χ1v) is 11.3. The van der Waals surface area contributed by atoms with E-state index in [-0.39, 0.29) is 4.90 Å². The largest absolute Gasteiger partial charge is 0.344 e. The fraction of sp³-hybridized carbons (Fsp3) is 0.467. The number of sulfonamides is 1. The molecule has 1 aromatic heterocycles. The van der Waals surface area contributed by atoms with Crippen LogP contribution in [0.1, 0.15) is 24.8 Å². The maximum Gasteiger partial charge on any atom is 0.245 e. The molecule has 0 aliphatic carbocycles. The van der Waals surface area contributed by atoms with Gasteiger partial charge in [-0.2, -0.15) is 13.0 Å². The molecule has 26 heavy (non-hydrogen) atoms. The van der Waals surface area contributed by atoms with E-state index in [9.17, 15) is 8.42 Å². The predicted octanol–water partition coefficient (Wildman–Crippen LogP) is 2.90. The van der Waals surface area contributed by atoms with Crippen LogP contribution in [-0.4, -0.2) is 49.1 Å². The van der Waals surface area contributed by atoms with Gasteiger partial charge in [0.15, 0.2) is 0 Å². The number of rotatable bonds is 4. The highest BCUT2D eigenvalue weighted by Gasteiger charge is 2.32. The topological polar surface area (TPSA) is 91.1 Å². The Bertz CT molecular complexity index is 1000. The monoisotopic (exact) mass is 410 g/mol. The van der Waals surface area contributed by atoms with Crippen LogP contribution in [0.3, 0.4) is 0 Å². The van der Waals surface area contributed by atoms with Gasteiger partial charge >= 0.3 is 0 Å². The van der Waals surface area contributed by atoms with Gasteiger partial charge in [-0.25, -0.2) is 8.42 Å². The summed E-state index contributed by atoms with van der Waals surface area (Å²) in [5.74, 6) is 0.343. The maximum absolute atomic E-state index is 13.1.